The molecule has 2 heteroatoms. The highest BCUT2D eigenvalue weighted by atomic mass is 16.3. The zero-order valence-electron chi connectivity index (χ0n) is 11.3. The third-order valence-corrected chi connectivity index (χ3v) is 5.45. The number of aliphatic hydroxyl groups excluding tert-OH is 2. The largest absolute Gasteiger partial charge is 0.390 e. The van der Waals surface area contributed by atoms with Crippen LogP contribution in [0.5, 0.6) is 0 Å². The second-order valence-electron chi connectivity index (χ2n) is 6.66. The summed E-state index contributed by atoms with van der Waals surface area (Å²) in [5, 5.41) is 20.3. The lowest BCUT2D eigenvalue weighted by molar-refractivity contribution is -0.155. The molecule has 0 bridgehead atoms. The predicted octanol–water partition coefficient (Wildman–Crippen LogP) is 2.75. The highest BCUT2D eigenvalue weighted by molar-refractivity contribution is 5.07. The highest BCUT2D eigenvalue weighted by Crippen LogP contribution is 2.54. The lowest BCUT2D eigenvalue weighted by Crippen LogP contribution is -2.55. The van der Waals surface area contributed by atoms with Crippen molar-refractivity contribution in [2.24, 2.45) is 23.2 Å². The molecule has 2 aliphatic carbocycles. The quantitative estimate of drug-likeness (QED) is 0.690. The Morgan fingerprint density at radius 1 is 1.29 bits per heavy atom. The van der Waals surface area contributed by atoms with E-state index in [1.165, 1.54) is 5.57 Å². The highest BCUT2D eigenvalue weighted by Gasteiger charge is 2.52. The molecular formula is C15H26O2. The first-order valence-electron chi connectivity index (χ1n) is 6.87. The number of aliphatic hydroxyl groups is 2. The van der Waals surface area contributed by atoms with Crippen LogP contribution in [0.4, 0.5) is 0 Å². The SMILES string of the molecule is C=C(C)C1CCC2(C)C(O)C(O)CC(C)C2C1. The first kappa shape index (κ1) is 13.1. The van der Waals surface area contributed by atoms with Crippen molar-refractivity contribution in [3.63, 3.8) is 0 Å². The molecule has 2 nitrogen and oxygen atoms in total. The second kappa shape index (κ2) is 4.40. The van der Waals surface area contributed by atoms with Gasteiger partial charge < -0.3 is 10.2 Å². The van der Waals surface area contributed by atoms with Gasteiger partial charge in [-0.05, 0) is 55.8 Å². The Morgan fingerprint density at radius 2 is 1.94 bits per heavy atom. The van der Waals surface area contributed by atoms with Gasteiger partial charge in [-0.25, -0.2) is 0 Å². The van der Waals surface area contributed by atoms with Gasteiger partial charge in [-0.1, -0.05) is 26.0 Å². The first-order chi connectivity index (χ1) is 7.86. The Morgan fingerprint density at radius 3 is 2.53 bits per heavy atom. The molecule has 2 saturated carbocycles. The van der Waals surface area contributed by atoms with E-state index in [0.29, 0.717) is 17.8 Å². The minimum atomic E-state index is -0.547. The molecule has 0 saturated heterocycles. The van der Waals surface area contributed by atoms with Gasteiger partial charge in [0.2, 0.25) is 0 Å². The van der Waals surface area contributed by atoms with Crippen molar-refractivity contribution in [3.8, 4) is 0 Å². The van der Waals surface area contributed by atoms with Crippen LogP contribution in [0.1, 0.15) is 46.5 Å². The molecule has 0 aromatic rings. The molecular weight excluding hydrogens is 212 g/mol. The maximum Gasteiger partial charge on any atom is 0.0855 e. The van der Waals surface area contributed by atoms with Crippen LogP contribution in [0.3, 0.4) is 0 Å². The van der Waals surface area contributed by atoms with Gasteiger partial charge in [0, 0.05) is 0 Å². The van der Waals surface area contributed by atoms with E-state index in [1.807, 2.05) is 0 Å². The maximum atomic E-state index is 10.3. The van der Waals surface area contributed by atoms with Crippen LogP contribution in [-0.2, 0) is 0 Å². The van der Waals surface area contributed by atoms with Gasteiger partial charge in [0.05, 0.1) is 12.2 Å². The van der Waals surface area contributed by atoms with Crippen LogP contribution in [0.15, 0.2) is 12.2 Å². The molecule has 2 aliphatic rings. The summed E-state index contributed by atoms with van der Waals surface area (Å²) < 4.78 is 0. The van der Waals surface area contributed by atoms with Gasteiger partial charge in [-0.3, -0.25) is 0 Å². The van der Waals surface area contributed by atoms with Crippen LogP contribution < -0.4 is 0 Å². The molecule has 2 rings (SSSR count). The van der Waals surface area contributed by atoms with E-state index in [2.05, 4.69) is 27.4 Å². The number of hydrogen-bond acceptors (Lipinski definition) is 2. The second-order valence-corrected chi connectivity index (χ2v) is 6.66. The van der Waals surface area contributed by atoms with E-state index in [4.69, 9.17) is 0 Å². The summed E-state index contributed by atoms with van der Waals surface area (Å²) in [6.07, 6.45) is 2.92. The molecule has 6 unspecified atom stereocenters. The standard InChI is InChI=1S/C15H26O2/c1-9(2)11-5-6-15(4)12(8-11)10(3)7-13(16)14(15)17/h10-14,16-17H,1,5-8H2,2-4H3. The Kier molecular flexibility index (Phi) is 3.39. The molecule has 2 N–H and O–H groups in total. The van der Waals surface area contributed by atoms with Gasteiger partial charge in [0.1, 0.15) is 0 Å². The molecule has 2 fully saturated rings. The van der Waals surface area contributed by atoms with E-state index in [9.17, 15) is 10.2 Å². The topological polar surface area (TPSA) is 40.5 Å². The molecule has 17 heavy (non-hydrogen) atoms. The third-order valence-electron chi connectivity index (χ3n) is 5.45. The summed E-state index contributed by atoms with van der Waals surface area (Å²) in [5.74, 6) is 1.63. The number of allylic oxidation sites excluding steroid dienone is 1. The van der Waals surface area contributed by atoms with E-state index in [0.717, 1.165) is 25.7 Å². The van der Waals surface area contributed by atoms with Crippen molar-refractivity contribution in [1.29, 1.82) is 0 Å². The van der Waals surface area contributed by atoms with Crippen LogP contribution in [0.25, 0.3) is 0 Å². The fraction of sp³-hybridized carbons (Fsp3) is 0.867. The zero-order valence-corrected chi connectivity index (χ0v) is 11.3. The lowest BCUT2D eigenvalue weighted by Gasteiger charge is -2.54. The average Bonchev–Trinajstić information content (AvgIpc) is 2.26. The van der Waals surface area contributed by atoms with Crippen LogP contribution in [-0.4, -0.2) is 22.4 Å². The smallest absolute Gasteiger partial charge is 0.0855 e. The molecule has 98 valence electrons. The van der Waals surface area contributed by atoms with E-state index >= 15 is 0 Å². The van der Waals surface area contributed by atoms with Crippen molar-refractivity contribution < 1.29 is 10.2 Å². The van der Waals surface area contributed by atoms with Crippen molar-refractivity contribution >= 4 is 0 Å². The monoisotopic (exact) mass is 238 g/mol. The minimum absolute atomic E-state index is 0.0942. The summed E-state index contributed by atoms with van der Waals surface area (Å²) in [4.78, 5) is 0. The van der Waals surface area contributed by atoms with Crippen molar-refractivity contribution in [3.05, 3.63) is 12.2 Å². The molecule has 0 aromatic carbocycles. The minimum Gasteiger partial charge on any atom is -0.390 e. The Bertz CT molecular complexity index is 312. The fourth-order valence-electron chi connectivity index (χ4n) is 4.17. The fourth-order valence-corrected chi connectivity index (χ4v) is 4.17. The normalized spacial score (nSPS) is 50.8. The first-order valence-corrected chi connectivity index (χ1v) is 6.87. The summed E-state index contributed by atoms with van der Waals surface area (Å²) in [5.41, 5.74) is 1.18. The number of rotatable bonds is 1. The summed E-state index contributed by atoms with van der Waals surface area (Å²) >= 11 is 0. The Labute approximate surface area is 105 Å². The van der Waals surface area contributed by atoms with Gasteiger partial charge in [0.25, 0.3) is 0 Å². The molecule has 0 heterocycles. The molecule has 0 radical (unpaired) electrons. The van der Waals surface area contributed by atoms with Crippen LogP contribution >= 0.6 is 0 Å². The summed E-state index contributed by atoms with van der Waals surface area (Å²) in [7, 11) is 0. The van der Waals surface area contributed by atoms with Crippen LogP contribution in [0, 0.1) is 23.2 Å². The van der Waals surface area contributed by atoms with Gasteiger partial charge in [-0.2, -0.15) is 0 Å². The lowest BCUT2D eigenvalue weighted by atomic mass is 9.53. The summed E-state index contributed by atoms with van der Waals surface area (Å²) in [6, 6.07) is 0. The van der Waals surface area contributed by atoms with E-state index < -0.39 is 12.2 Å². The third kappa shape index (κ3) is 2.06. The maximum absolute atomic E-state index is 10.3. The number of hydrogen-bond donors (Lipinski definition) is 2. The van der Waals surface area contributed by atoms with Crippen molar-refractivity contribution in [1.82, 2.24) is 0 Å². The van der Waals surface area contributed by atoms with Gasteiger partial charge >= 0.3 is 0 Å². The molecule has 0 spiro atoms. The molecule has 0 amide bonds. The number of fused-ring (bicyclic) bond motifs is 1. The molecule has 0 aromatic heterocycles. The van der Waals surface area contributed by atoms with Gasteiger partial charge in [0.15, 0.2) is 0 Å². The van der Waals surface area contributed by atoms with E-state index in [-0.39, 0.29) is 5.41 Å². The van der Waals surface area contributed by atoms with Crippen molar-refractivity contribution in [2.75, 3.05) is 0 Å². The zero-order chi connectivity index (χ0) is 12.8. The average molecular weight is 238 g/mol. The Hall–Kier alpha value is -0.340. The summed E-state index contributed by atoms with van der Waals surface area (Å²) in [6.45, 7) is 10.6. The van der Waals surface area contributed by atoms with Gasteiger partial charge in [-0.15, -0.1) is 0 Å². The molecule has 6 atom stereocenters. The molecule has 0 aliphatic heterocycles. The van der Waals surface area contributed by atoms with Crippen LogP contribution in [0.2, 0.25) is 0 Å². The Balaban J connectivity index is 2.22. The van der Waals surface area contributed by atoms with Crippen molar-refractivity contribution in [2.45, 2.75) is 58.7 Å². The van der Waals surface area contributed by atoms with E-state index in [1.54, 1.807) is 0 Å². The predicted molar refractivity (Wildman–Crippen MR) is 69.5 cm³/mol.